The smallest absolute Gasteiger partial charge is 0.309 e. The Hall–Kier alpha value is -3.78. The maximum atomic E-state index is 13.0. The molecule has 5 rings (SSSR count). The minimum atomic E-state index is -0.702. The van der Waals surface area contributed by atoms with Gasteiger partial charge in [0, 0.05) is 21.7 Å². The van der Waals surface area contributed by atoms with Gasteiger partial charge in [-0.3, -0.25) is 9.56 Å². The Morgan fingerprint density at radius 2 is 1.82 bits per heavy atom. The van der Waals surface area contributed by atoms with Gasteiger partial charge in [-0.15, -0.1) is 21.5 Å². The zero-order valence-electron chi connectivity index (χ0n) is 19.6. The lowest BCUT2D eigenvalue weighted by atomic mass is 10.0. The molecule has 172 valence electrons. The summed E-state index contributed by atoms with van der Waals surface area (Å²) < 4.78 is 2.02. The SMILES string of the molecule is CCc1cc2c(s1)-n1c(C)nnc1C(NC(=O)Nc1cccc(C)c1)N=C2c1ccc(C)cc1. The number of nitrogens with one attached hydrogen (secondary N) is 2. The highest BCUT2D eigenvalue weighted by atomic mass is 32.1. The number of aromatic nitrogens is 3. The van der Waals surface area contributed by atoms with Crippen LogP contribution >= 0.6 is 11.3 Å². The van der Waals surface area contributed by atoms with Crippen LogP contribution in [-0.2, 0) is 6.42 Å². The number of amides is 2. The highest BCUT2D eigenvalue weighted by Crippen LogP contribution is 2.35. The van der Waals surface area contributed by atoms with E-state index >= 15 is 0 Å². The molecule has 7 nitrogen and oxygen atoms in total. The fraction of sp³-hybridized carbons (Fsp3) is 0.231. The van der Waals surface area contributed by atoms with Gasteiger partial charge in [0.1, 0.15) is 10.8 Å². The quantitative estimate of drug-likeness (QED) is 0.414. The van der Waals surface area contributed by atoms with Crippen LogP contribution in [0.4, 0.5) is 10.5 Å². The number of hydrogen-bond acceptors (Lipinski definition) is 5. The van der Waals surface area contributed by atoms with Gasteiger partial charge in [-0.1, -0.05) is 48.9 Å². The molecule has 0 aliphatic carbocycles. The third kappa shape index (κ3) is 4.12. The van der Waals surface area contributed by atoms with Crippen molar-refractivity contribution in [1.29, 1.82) is 0 Å². The van der Waals surface area contributed by atoms with Gasteiger partial charge in [-0.25, -0.2) is 4.79 Å². The van der Waals surface area contributed by atoms with Crippen LogP contribution in [0, 0.1) is 20.8 Å². The van der Waals surface area contributed by atoms with Crippen molar-refractivity contribution in [3.05, 3.63) is 93.4 Å². The molecule has 0 saturated carbocycles. The van der Waals surface area contributed by atoms with E-state index in [0.29, 0.717) is 5.82 Å². The molecule has 0 bridgehead atoms. The fourth-order valence-electron chi connectivity index (χ4n) is 4.06. The minimum Gasteiger partial charge on any atom is -0.309 e. The molecule has 0 fully saturated rings. The summed E-state index contributed by atoms with van der Waals surface area (Å²) in [5, 5.41) is 15.7. The number of aliphatic imine (C=N–C) groups is 1. The summed E-state index contributed by atoms with van der Waals surface area (Å²) in [5.41, 5.74) is 5.82. The predicted octanol–water partition coefficient (Wildman–Crippen LogP) is 5.49. The summed E-state index contributed by atoms with van der Waals surface area (Å²) >= 11 is 1.71. The van der Waals surface area contributed by atoms with Crippen molar-refractivity contribution >= 4 is 28.8 Å². The number of carbonyl (C=O) groups excluding carboxylic acids is 1. The first-order chi connectivity index (χ1) is 16.4. The van der Waals surface area contributed by atoms with E-state index in [2.05, 4.69) is 65.0 Å². The first-order valence-electron chi connectivity index (χ1n) is 11.3. The average Bonchev–Trinajstić information content (AvgIpc) is 3.37. The minimum absolute atomic E-state index is 0.352. The van der Waals surface area contributed by atoms with Gasteiger partial charge in [-0.2, -0.15) is 0 Å². The Morgan fingerprint density at radius 1 is 1.03 bits per heavy atom. The van der Waals surface area contributed by atoms with E-state index in [9.17, 15) is 4.79 Å². The molecule has 0 spiro atoms. The summed E-state index contributed by atoms with van der Waals surface area (Å²) in [5.74, 6) is 1.34. The lowest BCUT2D eigenvalue weighted by Crippen LogP contribution is -2.33. The first-order valence-corrected chi connectivity index (χ1v) is 12.1. The maximum absolute atomic E-state index is 13.0. The van der Waals surface area contributed by atoms with Gasteiger partial charge in [0.05, 0.1) is 5.71 Å². The van der Waals surface area contributed by atoms with Gasteiger partial charge >= 0.3 is 6.03 Å². The van der Waals surface area contributed by atoms with Crippen LogP contribution in [0.3, 0.4) is 0 Å². The van der Waals surface area contributed by atoms with Crippen molar-refractivity contribution in [2.75, 3.05) is 5.32 Å². The molecule has 8 heteroatoms. The highest BCUT2D eigenvalue weighted by molar-refractivity contribution is 7.15. The van der Waals surface area contributed by atoms with Crippen molar-refractivity contribution in [2.45, 2.75) is 40.3 Å². The van der Waals surface area contributed by atoms with Gasteiger partial charge in [0.2, 0.25) is 0 Å². The number of anilines is 1. The van der Waals surface area contributed by atoms with E-state index in [1.165, 1.54) is 10.4 Å². The number of carbonyl (C=O) groups is 1. The Bertz CT molecular complexity index is 1400. The highest BCUT2D eigenvalue weighted by Gasteiger charge is 2.30. The third-order valence-electron chi connectivity index (χ3n) is 5.79. The number of benzene rings is 2. The Morgan fingerprint density at radius 3 is 2.56 bits per heavy atom. The molecule has 34 heavy (non-hydrogen) atoms. The number of fused-ring (bicyclic) bond motifs is 3. The molecule has 3 heterocycles. The second-order valence-electron chi connectivity index (χ2n) is 8.44. The molecule has 2 aromatic heterocycles. The number of rotatable bonds is 4. The van der Waals surface area contributed by atoms with Gasteiger partial charge in [0.25, 0.3) is 0 Å². The zero-order valence-corrected chi connectivity index (χ0v) is 20.4. The summed E-state index contributed by atoms with van der Waals surface area (Å²) in [6, 6.07) is 17.8. The molecule has 1 atom stereocenters. The Labute approximate surface area is 202 Å². The molecule has 0 radical (unpaired) electrons. The number of hydrogen-bond donors (Lipinski definition) is 2. The van der Waals surface area contributed by atoms with Crippen LogP contribution in [0.1, 0.15) is 51.9 Å². The van der Waals surface area contributed by atoms with Crippen molar-refractivity contribution in [3.8, 4) is 5.00 Å². The monoisotopic (exact) mass is 470 g/mol. The Kier molecular flexibility index (Phi) is 5.75. The van der Waals surface area contributed by atoms with Crippen LogP contribution in [-0.4, -0.2) is 26.5 Å². The molecule has 4 aromatic rings. The fourth-order valence-corrected chi connectivity index (χ4v) is 5.21. The molecule has 1 aliphatic rings. The molecule has 1 unspecified atom stereocenters. The topological polar surface area (TPSA) is 84.2 Å². The van der Waals surface area contributed by atoms with Crippen LogP contribution < -0.4 is 10.6 Å². The third-order valence-corrected chi connectivity index (χ3v) is 7.06. The van der Waals surface area contributed by atoms with Crippen LogP contribution in [0.2, 0.25) is 0 Å². The number of nitrogens with zero attached hydrogens (tertiary/aromatic N) is 4. The van der Waals surface area contributed by atoms with E-state index < -0.39 is 6.17 Å². The number of urea groups is 1. The lowest BCUT2D eigenvalue weighted by Gasteiger charge is -2.15. The van der Waals surface area contributed by atoms with E-state index in [1.807, 2.05) is 42.7 Å². The van der Waals surface area contributed by atoms with Gasteiger partial charge in [0.15, 0.2) is 12.0 Å². The van der Waals surface area contributed by atoms with Crippen LogP contribution in [0.15, 0.2) is 59.6 Å². The predicted molar refractivity (Wildman–Crippen MR) is 136 cm³/mol. The summed E-state index contributed by atoms with van der Waals surface area (Å²) in [6.07, 6.45) is 0.225. The number of thiophene rings is 1. The van der Waals surface area contributed by atoms with E-state index in [4.69, 9.17) is 4.99 Å². The van der Waals surface area contributed by atoms with Gasteiger partial charge in [-0.05, 0) is 51.0 Å². The molecular weight excluding hydrogens is 444 g/mol. The van der Waals surface area contributed by atoms with E-state index in [1.54, 1.807) is 11.3 Å². The standard InChI is InChI=1S/C26H26N6OS/c1-5-20-14-21-22(18-11-9-15(2)10-12-18)28-23(24-31-30-17(4)32(24)25(21)34-20)29-26(33)27-19-8-6-7-16(3)13-19/h6-14,23H,5H2,1-4H3,(H2,27,29,33). The average molecular weight is 471 g/mol. The van der Waals surface area contributed by atoms with Crippen molar-refractivity contribution in [3.63, 3.8) is 0 Å². The summed E-state index contributed by atoms with van der Waals surface area (Å²) in [6.45, 7) is 8.12. The van der Waals surface area contributed by atoms with Crippen LogP contribution in [0.5, 0.6) is 0 Å². The normalized spacial score (nSPS) is 14.6. The second-order valence-corrected chi connectivity index (χ2v) is 9.56. The zero-order chi connectivity index (χ0) is 23.8. The lowest BCUT2D eigenvalue weighted by molar-refractivity contribution is 0.248. The molecular formula is C26H26N6OS. The summed E-state index contributed by atoms with van der Waals surface area (Å²) in [4.78, 5) is 19.3. The molecule has 2 N–H and O–H groups in total. The maximum Gasteiger partial charge on any atom is 0.321 e. The number of aryl methyl sites for hydroxylation is 4. The van der Waals surface area contributed by atoms with E-state index in [0.717, 1.165) is 45.3 Å². The van der Waals surface area contributed by atoms with Crippen molar-refractivity contribution < 1.29 is 4.79 Å². The Balaban J connectivity index is 1.59. The van der Waals surface area contributed by atoms with Crippen molar-refractivity contribution in [1.82, 2.24) is 20.1 Å². The summed E-state index contributed by atoms with van der Waals surface area (Å²) in [7, 11) is 0. The van der Waals surface area contributed by atoms with Crippen molar-refractivity contribution in [2.24, 2.45) is 4.99 Å². The van der Waals surface area contributed by atoms with Crippen LogP contribution in [0.25, 0.3) is 5.00 Å². The van der Waals surface area contributed by atoms with Gasteiger partial charge < -0.3 is 10.6 Å². The molecule has 2 aromatic carbocycles. The molecule has 2 amide bonds. The largest absolute Gasteiger partial charge is 0.321 e. The second kappa shape index (κ2) is 8.87. The molecule has 1 aliphatic heterocycles. The molecule has 0 saturated heterocycles. The van der Waals surface area contributed by atoms with E-state index in [-0.39, 0.29) is 6.03 Å². The first kappa shape index (κ1) is 22.0.